The molecule has 0 saturated heterocycles. The molecule has 0 unspecified atom stereocenters. The maximum atomic E-state index is 12.6. The third kappa shape index (κ3) is 5.15. The van der Waals surface area contributed by atoms with Crippen molar-refractivity contribution in [1.29, 1.82) is 5.26 Å². The molecule has 2 aromatic rings. The Hall–Kier alpha value is -3.40. The highest BCUT2D eigenvalue weighted by Crippen LogP contribution is 2.34. The Labute approximate surface area is 176 Å². The summed E-state index contributed by atoms with van der Waals surface area (Å²) in [6, 6.07) is 12.4. The summed E-state index contributed by atoms with van der Waals surface area (Å²) < 4.78 is 22.3. The number of nitrogens with zero attached hydrogens (tertiary/aromatic N) is 1. The predicted octanol–water partition coefficient (Wildman–Crippen LogP) is 3.62. The fraction of sp³-hybridized carbons (Fsp3) is 0.391. The van der Waals surface area contributed by atoms with E-state index in [1.807, 2.05) is 38.1 Å². The SMILES string of the molecule is COc1cc(C#N)ccc1OCC(=O)N[C@H](c1ccc2c(c1)OCCCO2)C(C)C. The van der Waals surface area contributed by atoms with E-state index in [4.69, 9.17) is 24.2 Å². The molecule has 1 aliphatic rings. The number of rotatable bonds is 7. The molecule has 0 aromatic heterocycles. The summed E-state index contributed by atoms with van der Waals surface area (Å²) in [5.74, 6) is 2.13. The van der Waals surface area contributed by atoms with Gasteiger partial charge in [0.25, 0.3) is 5.91 Å². The molecule has 158 valence electrons. The molecular weight excluding hydrogens is 384 g/mol. The molecule has 0 fully saturated rings. The van der Waals surface area contributed by atoms with Gasteiger partial charge < -0.3 is 24.3 Å². The average molecular weight is 410 g/mol. The summed E-state index contributed by atoms with van der Waals surface area (Å²) in [6.07, 6.45) is 0.838. The number of fused-ring (bicyclic) bond motifs is 1. The van der Waals surface area contributed by atoms with Gasteiger partial charge in [0.1, 0.15) is 0 Å². The molecular formula is C23H26N2O5. The number of carbonyl (C=O) groups excluding carboxylic acids is 1. The minimum absolute atomic E-state index is 0.156. The molecule has 0 aliphatic carbocycles. The first-order valence-electron chi connectivity index (χ1n) is 9.91. The van der Waals surface area contributed by atoms with Gasteiger partial charge in [0, 0.05) is 12.5 Å². The van der Waals surface area contributed by atoms with Crippen LogP contribution >= 0.6 is 0 Å². The van der Waals surface area contributed by atoms with Crippen molar-refractivity contribution in [2.24, 2.45) is 5.92 Å². The molecule has 3 rings (SSSR count). The van der Waals surface area contributed by atoms with Crippen LogP contribution in [-0.4, -0.2) is 32.8 Å². The number of ether oxygens (including phenoxy) is 4. The average Bonchev–Trinajstić information content (AvgIpc) is 3.00. The maximum Gasteiger partial charge on any atom is 0.258 e. The van der Waals surface area contributed by atoms with Crippen molar-refractivity contribution in [2.75, 3.05) is 26.9 Å². The number of methoxy groups -OCH3 is 1. The highest BCUT2D eigenvalue weighted by molar-refractivity contribution is 5.78. The summed E-state index contributed by atoms with van der Waals surface area (Å²) >= 11 is 0. The van der Waals surface area contributed by atoms with E-state index in [1.165, 1.54) is 7.11 Å². The Morgan fingerprint density at radius 2 is 1.90 bits per heavy atom. The summed E-state index contributed by atoms with van der Waals surface area (Å²) in [7, 11) is 1.49. The number of nitriles is 1. The fourth-order valence-electron chi connectivity index (χ4n) is 3.22. The van der Waals surface area contributed by atoms with E-state index in [9.17, 15) is 4.79 Å². The van der Waals surface area contributed by atoms with Gasteiger partial charge in [-0.3, -0.25) is 4.79 Å². The Morgan fingerprint density at radius 1 is 1.13 bits per heavy atom. The van der Waals surface area contributed by atoms with Crippen LogP contribution in [0.3, 0.4) is 0 Å². The smallest absolute Gasteiger partial charge is 0.258 e. The minimum Gasteiger partial charge on any atom is -0.493 e. The summed E-state index contributed by atoms with van der Waals surface area (Å²) in [4.78, 5) is 12.6. The van der Waals surface area contributed by atoms with E-state index in [2.05, 4.69) is 5.32 Å². The lowest BCUT2D eigenvalue weighted by molar-refractivity contribution is -0.124. The molecule has 1 N–H and O–H groups in total. The van der Waals surface area contributed by atoms with E-state index in [0.29, 0.717) is 36.0 Å². The van der Waals surface area contributed by atoms with Crippen molar-refractivity contribution in [3.05, 3.63) is 47.5 Å². The molecule has 0 radical (unpaired) electrons. The third-order valence-electron chi connectivity index (χ3n) is 4.77. The predicted molar refractivity (Wildman–Crippen MR) is 111 cm³/mol. The summed E-state index contributed by atoms with van der Waals surface area (Å²) in [5.41, 5.74) is 1.40. The van der Waals surface area contributed by atoms with Gasteiger partial charge in [-0.1, -0.05) is 19.9 Å². The van der Waals surface area contributed by atoms with E-state index in [-0.39, 0.29) is 24.5 Å². The fourth-order valence-corrected chi connectivity index (χ4v) is 3.22. The zero-order valence-electron chi connectivity index (χ0n) is 17.4. The lowest BCUT2D eigenvalue weighted by Gasteiger charge is -2.24. The van der Waals surface area contributed by atoms with Gasteiger partial charge in [-0.2, -0.15) is 5.26 Å². The molecule has 1 aliphatic heterocycles. The van der Waals surface area contributed by atoms with E-state index < -0.39 is 0 Å². The van der Waals surface area contributed by atoms with Gasteiger partial charge in [-0.05, 0) is 35.7 Å². The number of hydrogen-bond acceptors (Lipinski definition) is 6. The largest absolute Gasteiger partial charge is 0.493 e. The Bertz CT molecular complexity index is 936. The van der Waals surface area contributed by atoms with Crippen molar-refractivity contribution in [1.82, 2.24) is 5.32 Å². The summed E-state index contributed by atoms with van der Waals surface area (Å²) in [6.45, 7) is 5.15. The van der Waals surface area contributed by atoms with Crippen LogP contribution in [0, 0.1) is 17.2 Å². The van der Waals surface area contributed by atoms with Crippen molar-refractivity contribution >= 4 is 5.91 Å². The molecule has 0 bridgehead atoms. The van der Waals surface area contributed by atoms with Crippen molar-refractivity contribution in [2.45, 2.75) is 26.3 Å². The lowest BCUT2D eigenvalue weighted by atomic mass is 9.95. The normalized spacial score (nSPS) is 13.7. The standard InChI is InChI=1S/C23H26N2O5/c1-15(2)23(17-6-8-19-21(12-17)29-10-4-9-28-19)25-22(26)14-30-18-7-5-16(13-24)11-20(18)27-3/h5-8,11-12,15,23H,4,9-10,14H2,1-3H3,(H,25,26)/t23-/m0/s1. The Kier molecular flexibility index (Phi) is 7.02. The van der Waals surface area contributed by atoms with Gasteiger partial charge >= 0.3 is 0 Å². The molecule has 0 saturated carbocycles. The van der Waals surface area contributed by atoms with Gasteiger partial charge in [-0.25, -0.2) is 0 Å². The van der Waals surface area contributed by atoms with Crippen molar-refractivity contribution in [3.8, 4) is 29.1 Å². The second-order valence-electron chi connectivity index (χ2n) is 7.31. The van der Waals surface area contributed by atoms with Gasteiger partial charge in [0.15, 0.2) is 29.6 Å². The first-order valence-corrected chi connectivity index (χ1v) is 9.91. The van der Waals surface area contributed by atoms with Crippen LogP contribution in [0.1, 0.15) is 37.4 Å². The number of benzene rings is 2. The summed E-state index contributed by atoms with van der Waals surface area (Å²) in [5, 5.41) is 12.0. The van der Waals surface area contributed by atoms with E-state index >= 15 is 0 Å². The molecule has 7 nitrogen and oxygen atoms in total. The molecule has 1 amide bonds. The van der Waals surface area contributed by atoms with Crippen LogP contribution in [0.2, 0.25) is 0 Å². The van der Waals surface area contributed by atoms with Gasteiger partial charge in [0.05, 0.1) is 38.0 Å². The first kappa shape index (κ1) is 21.3. The van der Waals surface area contributed by atoms with E-state index in [1.54, 1.807) is 18.2 Å². The van der Waals surface area contributed by atoms with Crippen LogP contribution < -0.4 is 24.3 Å². The van der Waals surface area contributed by atoms with Crippen molar-refractivity contribution < 1.29 is 23.7 Å². The molecule has 7 heteroatoms. The Morgan fingerprint density at radius 3 is 2.60 bits per heavy atom. The van der Waals surface area contributed by atoms with Crippen molar-refractivity contribution in [3.63, 3.8) is 0 Å². The van der Waals surface area contributed by atoms with Crippen LogP contribution in [-0.2, 0) is 4.79 Å². The van der Waals surface area contributed by atoms with Crippen LogP contribution in [0.5, 0.6) is 23.0 Å². The molecule has 1 heterocycles. The topological polar surface area (TPSA) is 89.8 Å². The zero-order valence-corrected chi connectivity index (χ0v) is 17.4. The monoisotopic (exact) mass is 410 g/mol. The number of hydrogen-bond donors (Lipinski definition) is 1. The Balaban J connectivity index is 1.68. The third-order valence-corrected chi connectivity index (χ3v) is 4.77. The van der Waals surface area contributed by atoms with Gasteiger partial charge in [-0.15, -0.1) is 0 Å². The molecule has 30 heavy (non-hydrogen) atoms. The number of amides is 1. The quantitative estimate of drug-likeness (QED) is 0.750. The maximum absolute atomic E-state index is 12.6. The molecule has 0 spiro atoms. The number of nitrogens with one attached hydrogen (secondary N) is 1. The van der Waals surface area contributed by atoms with Crippen LogP contribution in [0.15, 0.2) is 36.4 Å². The van der Waals surface area contributed by atoms with Gasteiger partial charge in [0.2, 0.25) is 0 Å². The van der Waals surface area contributed by atoms with Crippen LogP contribution in [0.25, 0.3) is 0 Å². The number of carbonyl (C=O) groups is 1. The highest BCUT2D eigenvalue weighted by Gasteiger charge is 2.21. The molecule has 1 atom stereocenters. The molecule has 2 aromatic carbocycles. The first-order chi connectivity index (χ1) is 14.5. The minimum atomic E-state index is -0.257. The van der Waals surface area contributed by atoms with E-state index in [0.717, 1.165) is 17.7 Å². The second kappa shape index (κ2) is 9.88. The van der Waals surface area contributed by atoms with Crippen LogP contribution in [0.4, 0.5) is 0 Å². The zero-order chi connectivity index (χ0) is 21.5. The lowest BCUT2D eigenvalue weighted by Crippen LogP contribution is -2.35. The second-order valence-corrected chi connectivity index (χ2v) is 7.31. The highest BCUT2D eigenvalue weighted by atomic mass is 16.5.